The van der Waals surface area contributed by atoms with Crippen LogP contribution in [0, 0.1) is 44.1 Å². The molecule has 0 unspecified atom stereocenters. The van der Waals surface area contributed by atoms with Gasteiger partial charge in [-0.25, -0.2) is 0 Å². The molecule has 0 aromatic heterocycles. The van der Waals surface area contributed by atoms with Gasteiger partial charge < -0.3 is 4.90 Å². The normalized spacial score (nSPS) is 8.15. The number of carbonyl (C=O) groups is 1. The van der Waals surface area contributed by atoms with E-state index in [4.69, 9.17) is 14.0 Å². The number of anilines is 1. The Morgan fingerprint density at radius 2 is 1.59 bits per heavy atom. The second kappa shape index (κ2) is 18.8. The minimum atomic E-state index is -0.377. The molecule has 0 saturated carbocycles. The summed E-state index contributed by atoms with van der Waals surface area (Å²) in [5.41, 5.74) is 2.97. The van der Waals surface area contributed by atoms with Crippen molar-refractivity contribution < 1.29 is 36.1 Å². The van der Waals surface area contributed by atoms with Gasteiger partial charge in [-0.1, -0.05) is 39.0 Å². The number of para-hydroxylation sites is 1. The van der Waals surface area contributed by atoms with Crippen LogP contribution in [-0.4, -0.2) is 13.0 Å². The Kier molecular flexibility index (Phi) is 22.7. The van der Waals surface area contributed by atoms with Crippen molar-refractivity contribution in [2.24, 2.45) is 5.41 Å². The van der Waals surface area contributed by atoms with Crippen LogP contribution in [0.3, 0.4) is 0 Å². The van der Waals surface area contributed by atoms with E-state index < -0.39 is 0 Å². The van der Waals surface area contributed by atoms with E-state index >= 15 is 0 Å². The minimum Gasteiger partial charge on any atom is 0 e. The third kappa shape index (κ3) is 12.1. The molecule has 6 heteroatoms. The summed E-state index contributed by atoms with van der Waals surface area (Å²) in [6.45, 7) is 23.3. The fraction of sp³-hybridized carbons (Fsp3) is 0.429. The zero-order valence-corrected chi connectivity index (χ0v) is 17.9. The number of rotatable bonds is 3. The molecule has 1 rings (SSSR count). The Balaban J connectivity index is -0.000000342. The molecule has 5 nitrogen and oxygen atoms in total. The Morgan fingerprint density at radius 3 is 2.00 bits per heavy atom. The van der Waals surface area contributed by atoms with Gasteiger partial charge in [0.1, 0.15) is 0 Å². The van der Waals surface area contributed by atoms with Crippen LogP contribution in [0.2, 0.25) is 0 Å². The fourth-order valence-electron chi connectivity index (χ4n) is 2.33. The number of aryl methyl sites for hydroxylation is 2. The molecule has 0 bridgehead atoms. The number of carbonyl (C=O) groups excluding carboxylic acids is 1. The molecular formula is C21H25CrNO4. The van der Waals surface area contributed by atoms with Crippen LogP contribution in [0.1, 0.15) is 45.2 Å². The summed E-state index contributed by atoms with van der Waals surface area (Å²) in [4.78, 5) is 14.3. The van der Waals surface area contributed by atoms with Crippen molar-refractivity contribution in [3.8, 4) is 11.8 Å². The zero-order chi connectivity index (χ0) is 21.3. The Morgan fingerprint density at radius 1 is 1.11 bits per heavy atom. The van der Waals surface area contributed by atoms with Crippen molar-refractivity contribution in [2.75, 3.05) is 11.9 Å². The average molecular weight is 407 g/mol. The van der Waals surface area contributed by atoms with Gasteiger partial charge in [-0.2, -0.15) is 0 Å². The molecule has 0 atom stereocenters. The van der Waals surface area contributed by atoms with Crippen LogP contribution >= 0.6 is 0 Å². The molecule has 1 aromatic carbocycles. The van der Waals surface area contributed by atoms with Crippen molar-refractivity contribution in [3.63, 3.8) is 0 Å². The van der Waals surface area contributed by atoms with Gasteiger partial charge in [0.2, 0.25) is 5.91 Å². The molecule has 0 aliphatic rings. The molecule has 1 aromatic rings. The predicted octanol–water partition coefficient (Wildman–Crippen LogP) is 3.84. The number of hydrogen-bond acceptors (Lipinski definition) is 1. The van der Waals surface area contributed by atoms with Gasteiger partial charge in [0.25, 0.3) is 0 Å². The quantitative estimate of drug-likeness (QED) is 0.426. The van der Waals surface area contributed by atoms with Crippen molar-refractivity contribution in [2.45, 2.75) is 47.5 Å². The van der Waals surface area contributed by atoms with Crippen LogP contribution in [0.15, 0.2) is 18.2 Å². The SMILES string of the molecule is CC#CCCc1cccc(C)c1N(C)C(=O)C(C)(C)C.[C-]#[O+].[C-]#[O+].[C-]#[O+].[Cr]. The van der Waals surface area contributed by atoms with Gasteiger partial charge >= 0.3 is 33.9 Å². The smallest absolute Gasteiger partial charge is 0 e. The molecule has 0 heterocycles. The summed E-state index contributed by atoms with van der Waals surface area (Å²) >= 11 is 0. The molecule has 0 N–H and O–H groups in total. The van der Waals surface area contributed by atoms with Crippen molar-refractivity contribution in [1.82, 2.24) is 0 Å². The number of hydrogen-bond donors (Lipinski definition) is 0. The molecule has 0 fully saturated rings. The first-order valence-electron chi connectivity index (χ1n) is 7.66. The van der Waals surface area contributed by atoms with Crippen LogP contribution < -0.4 is 4.90 Å². The minimum absolute atomic E-state index is 0. The third-order valence-corrected chi connectivity index (χ3v) is 3.30. The van der Waals surface area contributed by atoms with Gasteiger partial charge in [0.05, 0.1) is 0 Å². The first-order valence-corrected chi connectivity index (χ1v) is 7.66. The van der Waals surface area contributed by atoms with Crippen molar-refractivity contribution >= 4 is 11.6 Å². The second-order valence-corrected chi connectivity index (χ2v) is 6.12. The van der Waals surface area contributed by atoms with E-state index in [-0.39, 0.29) is 28.7 Å². The third-order valence-electron chi connectivity index (χ3n) is 3.30. The van der Waals surface area contributed by atoms with E-state index in [1.807, 2.05) is 40.8 Å². The monoisotopic (exact) mass is 407 g/mol. The first kappa shape index (κ1) is 32.7. The summed E-state index contributed by atoms with van der Waals surface area (Å²) in [5, 5.41) is 0. The summed E-state index contributed by atoms with van der Waals surface area (Å²) < 4.78 is 22.5. The zero-order valence-electron chi connectivity index (χ0n) is 16.6. The van der Waals surface area contributed by atoms with E-state index in [0.29, 0.717) is 0 Å². The molecule has 0 aliphatic heterocycles. The van der Waals surface area contributed by atoms with Crippen LogP contribution in [0.4, 0.5) is 5.69 Å². The van der Waals surface area contributed by atoms with Gasteiger partial charge in [-0.15, -0.1) is 11.8 Å². The van der Waals surface area contributed by atoms with Crippen LogP contribution in [0.25, 0.3) is 0 Å². The second-order valence-electron chi connectivity index (χ2n) is 6.12. The molecule has 144 valence electrons. The van der Waals surface area contributed by atoms with E-state index in [1.54, 1.807) is 4.90 Å². The molecule has 1 amide bonds. The number of nitrogens with zero attached hydrogens (tertiary/aromatic N) is 1. The van der Waals surface area contributed by atoms with Crippen LogP contribution in [-0.2, 0) is 42.5 Å². The molecule has 0 aliphatic carbocycles. The predicted molar refractivity (Wildman–Crippen MR) is 97.6 cm³/mol. The van der Waals surface area contributed by atoms with Gasteiger partial charge in [0, 0.05) is 41.9 Å². The molecule has 0 saturated heterocycles. The largest absolute Gasteiger partial charge is 0 e. The topological polar surface area (TPSA) is 80.0 Å². The maximum Gasteiger partial charge on any atom is 0 e. The maximum absolute atomic E-state index is 12.5. The molecule has 0 spiro atoms. The number of amides is 1. The van der Waals surface area contributed by atoms with E-state index in [0.717, 1.165) is 24.1 Å². The average Bonchev–Trinajstić information content (AvgIpc) is 2.65. The van der Waals surface area contributed by atoms with Crippen LogP contribution in [0.5, 0.6) is 0 Å². The van der Waals surface area contributed by atoms with Gasteiger partial charge in [-0.3, -0.25) is 4.79 Å². The Bertz CT molecular complexity index is 659. The summed E-state index contributed by atoms with van der Waals surface area (Å²) in [6, 6.07) is 6.19. The molecule has 0 radical (unpaired) electrons. The standard InChI is InChI=1S/C18H25NO.3CO.Cr/c1-7-8-9-12-15-13-10-11-14(2)16(15)19(6)17(20)18(3,4)5;3*1-2;/h10-11,13H,9,12H2,1-6H3;;;;. The summed E-state index contributed by atoms with van der Waals surface area (Å²) in [6.07, 6.45) is 1.70. The van der Waals surface area contributed by atoms with Crippen molar-refractivity contribution in [1.29, 1.82) is 0 Å². The van der Waals surface area contributed by atoms with E-state index in [1.165, 1.54) is 5.56 Å². The summed E-state index contributed by atoms with van der Waals surface area (Å²) in [5.74, 6) is 6.14. The van der Waals surface area contributed by atoms with E-state index in [9.17, 15) is 4.79 Å². The Labute approximate surface area is 173 Å². The molecule has 27 heavy (non-hydrogen) atoms. The first-order chi connectivity index (χ1) is 12.3. The summed E-state index contributed by atoms with van der Waals surface area (Å²) in [7, 11) is 1.87. The number of benzene rings is 1. The fourth-order valence-corrected chi connectivity index (χ4v) is 2.33. The maximum atomic E-state index is 12.5. The molecular weight excluding hydrogens is 382 g/mol. The van der Waals surface area contributed by atoms with Gasteiger partial charge in [-0.05, 0) is 31.4 Å². The van der Waals surface area contributed by atoms with Gasteiger partial charge in [0.15, 0.2) is 0 Å². The Hall–Kier alpha value is -2.00. The van der Waals surface area contributed by atoms with Crippen molar-refractivity contribution in [3.05, 3.63) is 49.3 Å². The van der Waals surface area contributed by atoms with E-state index in [2.05, 4.69) is 50.8 Å².